The van der Waals surface area contributed by atoms with Gasteiger partial charge in [-0.3, -0.25) is 9.59 Å². The lowest BCUT2D eigenvalue weighted by atomic mass is 10.1. The smallest absolute Gasteiger partial charge is 0.332 e. The number of methoxy groups -OCH3 is 2. The molecule has 2 aromatic rings. The van der Waals surface area contributed by atoms with Gasteiger partial charge in [0.2, 0.25) is 5.91 Å². The predicted octanol–water partition coefficient (Wildman–Crippen LogP) is 3.04. The number of rotatable bonds is 9. The first-order valence-electron chi connectivity index (χ1n) is 9.77. The average Bonchev–Trinajstić information content (AvgIpc) is 2.99. The molecule has 0 bridgehead atoms. The minimum atomic E-state index is -0.965. The molecule has 0 saturated carbocycles. The minimum Gasteiger partial charge on any atom is -0.497 e. The molecule has 1 aliphatic heterocycles. The van der Waals surface area contributed by atoms with Crippen molar-refractivity contribution in [1.82, 2.24) is 4.90 Å². The van der Waals surface area contributed by atoms with Gasteiger partial charge in [0.1, 0.15) is 17.6 Å². The van der Waals surface area contributed by atoms with E-state index in [2.05, 4.69) is 5.32 Å². The first-order chi connectivity index (χ1) is 14.9. The summed E-state index contributed by atoms with van der Waals surface area (Å²) in [5.74, 6) is -0.767. The van der Waals surface area contributed by atoms with E-state index in [1.165, 1.54) is 29.2 Å². The monoisotopic (exact) mass is 429 g/mol. The van der Waals surface area contributed by atoms with Crippen molar-refractivity contribution < 1.29 is 28.2 Å². The van der Waals surface area contributed by atoms with Crippen molar-refractivity contribution in [2.45, 2.75) is 18.9 Å². The van der Waals surface area contributed by atoms with E-state index in [0.717, 1.165) is 4.90 Å². The van der Waals surface area contributed by atoms with E-state index in [-0.39, 0.29) is 18.7 Å². The molecule has 3 rings (SSSR count). The second-order valence-electron chi connectivity index (χ2n) is 6.97. The molecule has 0 radical (unpaired) electrons. The molecule has 8 nitrogen and oxygen atoms in total. The zero-order chi connectivity index (χ0) is 22.4. The number of ether oxygens (including phenoxy) is 2. The Hall–Kier alpha value is -3.46. The van der Waals surface area contributed by atoms with Crippen LogP contribution < -0.4 is 15.0 Å². The highest BCUT2D eigenvalue weighted by atomic mass is 19.1. The number of halogens is 1. The van der Waals surface area contributed by atoms with Crippen molar-refractivity contribution in [1.29, 1.82) is 0 Å². The fourth-order valence-electron chi connectivity index (χ4n) is 3.36. The Kier molecular flexibility index (Phi) is 7.19. The van der Waals surface area contributed by atoms with Gasteiger partial charge in [-0.2, -0.15) is 0 Å². The summed E-state index contributed by atoms with van der Waals surface area (Å²) in [5, 5.41) is 2.73. The number of carbonyl (C=O) groups excluding carboxylic acids is 3. The van der Waals surface area contributed by atoms with Crippen molar-refractivity contribution in [2.24, 2.45) is 0 Å². The zero-order valence-corrected chi connectivity index (χ0v) is 17.3. The fraction of sp³-hybridized carbons (Fsp3) is 0.318. The Labute approximate surface area is 179 Å². The number of benzene rings is 2. The van der Waals surface area contributed by atoms with E-state index in [9.17, 15) is 18.8 Å². The van der Waals surface area contributed by atoms with Crippen LogP contribution in [0.5, 0.6) is 5.75 Å². The molecule has 31 heavy (non-hydrogen) atoms. The Bertz CT molecular complexity index is 933. The van der Waals surface area contributed by atoms with Crippen LogP contribution in [0.25, 0.3) is 0 Å². The van der Waals surface area contributed by atoms with Crippen LogP contribution in [0.2, 0.25) is 0 Å². The Morgan fingerprint density at radius 3 is 2.35 bits per heavy atom. The van der Waals surface area contributed by atoms with Crippen LogP contribution in [0.4, 0.5) is 20.6 Å². The first-order valence-corrected chi connectivity index (χ1v) is 9.77. The van der Waals surface area contributed by atoms with Gasteiger partial charge in [0, 0.05) is 25.9 Å². The van der Waals surface area contributed by atoms with Gasteiger partial charge in [-0.05, 0) is 55.0 Å². The molecular weight excluding hydrogens is 405 g/mol. The lowest BCUT2D eigenvalue weighted by molar-refractivity contribution is -0.124. The number of carbonyl (C=O) groups is 3. The third-order valence-corrected chi connectivity index (χ3v) is 4.90. The third kappa shape index (κ3) is 5.18. The van der Waals surface area contributed by atoms with E-state index in [4.69, 9.17) is 9.47 Å². The van der Waals surface area contributed by atoms with Gasteiger partial charge in [-0.15, -0.1) is 0 Å². The topological polar surface area (TPSA) is 88.2 Å². The number of imide groups is 1. The van der Waals surface area contributed by atoms with Crippen LogP contribution in [-0.2, 0) is 14.3 Å². The van der Waals surface area contributed by atoms with Gasteiger partial charge in [-0.25, -0.2) is 14.1 Å². The summed E-state index contributed by atoms with van der Waals surface area (Å²) in [6, 6.07) is 10.3. The molecule has 0 aromatic heterocycles. The largest absolute Gasteiger partial charge is 0.497 e. The maximum Gasteiger partial charge on any atom is 0.332 e. The molecule has 4 amide bonds. The Morgan fingerprint density at radius 2 is 1.74 bits per heavy atom. The van der Waals surface area contributed by atoms with E-state index in [1.807, 2.05) is 0 Å². The summed E-state index contributed by atoms with van der Waals surface area (Å²) in [5.41, 5.74) is 0.801. The number of nitrogens with zero attached hydrogens (tertiary/aromatic N) is 2. The molecule has 1 fully saturated rings. The van der Waals surface area contributed by atoms with Gasteiger partial charge < -0.3 is 19.7 Å². The summed E-state index contributed by atoms with van der Waals surface area (Å²) >= 11 is 0. The van der Waals surface area contributed by atoms with E-state index in [1.54, 1.807) is 38.5 Å². The summed E-state index contributed by atoms with van der Waals surface area (Å²) in [4.78, 5) is 41.0. The highest BCUT2D eigenvalue weighted by Gasteiger charge is 2.46. The summed E-state index contributed by atoms with van der Waals surface area (Å²) < 4.78 is 23.4. The predicted molar refractivity (Wildman–Crippen MR) is 113 cm³/mol. The molecule has 2 aromatic carbocycles. The molecule has 0 spiro atoms. The highest BCUT2D eigenvalue weighted by Crippen LogP contribution is 2.27. The van der Waals surface area contributed by atoms with Crippen molar-refractivity contribution >= 4 is 29.2 Å². The molecule has 1 saturated heterocycles. The van der Waals surface area contributed by atoms with E-state index in [0.29, 0.717) is 24.5 Å². The lowest BCUT2D eigenvalue weighted by Gasteiger charge is -2.21. The van der Waals surface area contributed by atoms with E-state index < -0.39 is 29.7 Å². The quantitative estimate of drug-likeness (QED) is 0.489. The SMILES string of the molecule is COCCCN1C(=O)N(c2ccc(F)cc2)C(=O)[C@H]1CC(=O)Nc1ccc(OC)cc1. The van der Waals surface area contributed by atoms with Gasteiger partial charge in [-0.1, -0.05) is 0 Å². The van der Waals surface area contributed by atoms with Crippen molar-refractivity contribution in [3.63, 3.8) is 0 Å². The normalized spacial score (nSPS) is 16.0. The van der Waals surface area contributed by atoms with Crippen molar-refractivity contribution in [2.75, 3.05) is 37.6 Å². The highest BCUT2D eigenvalue weighted by molar-refractivity contribution is 6.22. The molecule has 0 unspecified atom stereocenters. The van der Waals surface area contributed by atoms with Crippen molar-refractivity contribution in [3.8, 4) is 5.75 Å². The maximum absolute atomic E-state index is 13.3. The lowest BCUT2D eigenvalue weighted by Crippen LogP contribution is -2.38. The number of hydrogen-bond acceptors (Lipinski definition) is 5. The number of urea groups is 1. The van der Waals surface area contributed by atoms with Crippen molar-refractivity contribution in [3.05, 3.63) is 54.3 Å². The molecule has 1 N–H and O–H groups in total. The number of amides is 4. The van der Waals surface area contributed by atoms with E-state index >= 15 is 0 Å². The second-order valence-corrected chi connectivity index (χ2v) is 6.97. The minimum absolute atomic E-state index is 0.207. The van der Waals surface area contributed by atoms with Crippen LogP contribution in [0.3, 0.4) is 0 Å². The standard InChI is InChI=1S/C22H24FN3O5/c1-30-13-3-12-25-19(14-20(27)24-16-6-10-18(31-2)11-7-16)21(28)26(22(25)29)17-8-4-15(23)5-9-17/h4-11,19H,3,12-14H2,1-2H3,(H,24,27)/t19-/m1/s1. The first kappa shape index (κ1) is 22.2. The molecule has 1 heterocycles. The number of anilines is 2. The molecule has 164 valence electrons. The second kappa shape index (κ2) is 10.0. The zero-order valence-electron chi connectivity index (χ0n) is 17.3. The fourth-order valence-corrected chi connectivity index (χ4v) is 3.36. The molecular formula is C22H24FN3O5. The number of hydrogen-bond donors (Lipinski definition) is 1. The van der Waals surface area contributed by atoms with Crippen LogP contribution >= 0.6 is 0 Å². The van der Waals surface area contributed by atoms with Crippen LogP contribution in [0, 0.1) is 5.82 Å². The van der Waals surface area contributed by atoms with Gasteiger partial charge in [0.05, 0.1) is 19.2 Å². The molecule has 9 heteroatoms. The van der Waals surface area contributed by atoms with Crippen LogP contribution in [0.15, 0.2) is 48.5 Å². The van der Waals surface area contributed by atoms with Gasteiger partial charge in [0.25, 0.3) is 5.91 Å². The van der Waals surface area contributed by atoms with Gasteiger partial charge >= 0.3 is 6.03 Å². The maximum atomic E-state index is 13.3. The number of nitrogens with one attached hydrogen (secondary N) is 1. The van der Waals surface area contributed by atoms with Crippen LogP contribution in [0.1, 0.15) is 12.8 Å². The summed E-state index contributed by atoms with van der Waals surface area (Å²) in [6.07, 6.45) is 0.296. The Balaban J connectivity index is 1.76. The molecule has 1 atom stereocenters. The Morgan fingerprint density at radius 1 is 1.06 bits per heavy atom. The van der Waals surface area contributed by atoms with Gasteiger partial charge in [0.15, 0.2) is 0 Å². The summed E-state index contributed by atoms with van der Waals surface area (Å²) in [7, 11) is 3.09. The van der Waals surface area contributed by atoms with Crippen LogP contribution in [-0.4, -0.2) is 56.2 Å². The molecule has 1 aliphatic rings. The average molecular weight is 429 g/mol. The third-order valence-electron chi connectivity index (χ3n) is 4.90. The molecule has 0 aliphatic carbocycles. The summed E-state index contributed by atoms with van der Waals surface area (Å²) in [6.45, 7) is 0.649.